The van der Waals surface area contributed by atoms with E-state index in [4.69, 9.17) is 11.0 Å². The largest absolute Gasteiger partial charge is 0.314 e. The summed E-state index contributed by atoms with van der Waals surface area (Å²) in [5.41, 5.74) is 5.17. The van der Waals surface area contributed by atoms with E-state index in [1.54, 1.807) is 0 Å². The van der Waals surface area contributed by atoms with Crippen LogP contribution in [0.4, 0.5) is 0 Å². The van der Waals surface area contributed by atoms with Crippen LogP contribution in [0.15, 0.2) is 0 Å². The smallest absolute Gasteiger partial charge is 0.101 e. The van der Waals surface area contributed by atoms with Crippen LogP contribution in [0, 0.1) is 11.3 Å². The molecule has 112 valence electrons. The van der Waals surface area contributed by atoms with Gasteiger partial charge < -0.3 is 15.5 Å². The normalized spacial score (nSPS) is 14.6. The quantitative estimate of drug-likeness (QED) is 0.623. The molecule has 0 radical (unpaired) electrons. The first kappa shape index (κ1) is 18.4. The van der Waals surface area contributed by atoms with Crippen molar-refractivity contribution in [3.05, 3.63) is 0 Å². The van der Waals surface area contributed by atoms with Gasteiger partial charge >= 0.3 is 0 Å². The van der Waals surface area contributed by atoms with Crippen LogP contribution in [-0.4, -0.2) is 54.6 Å². The third-order valence-corrected chi connectivity index (χ3v) is 3.72. The summed E-state index contributed by atoms with van der Waals surface area (Å²) in [7, 11) is 0. The fraction of sp³-hybridized carbons (Fsp3) is 0.933. The predicted molar refractivity (Wildman–Crippen MR) is 82.0 cm³/mol. The number of nitrogens with zero attached hydrogens (tertiary/aromatic N) is 3. The molecule has 1 atom stereocenters. The summed E-state index contributed by atoms with van der Waals surface area (Å²) in [6.07, 6.45) is 2.99. The molecular weight excluding hydrogens is 236 g/mol. The van der Waals surface area contributed by atoms with Gasteiger partial charge in [-0.2, -0.15) is 5.26 Å². The van der Waals surface area contributed by atoms with Gasteiger partial charge in [-0.25, -0.2) is 0 Å². The molecule has 0 aromatic carbocycles. The predicted octanol–water partition coefficient (Wildman–Crippen LogP) is 2.06. The number of nitrogens with two attached hydrogens (primary N) is 1. The molecule has 0 heterocycles. The number of hydrogen-bond donors (Lipinski definition) is 1. The first-order valence-corrected chi connectivity index (χ1v) is 7.63. The molecule has 4 nitrogen and oxygen atoms in total. The van der Waals surface area contributed by atoms with E-state index in [-0.39, 0.29) is 0 Å². The summed E-state index contributed by atoms with van der Waals surface area (Å²) in [6, 6.07) is 2.16. The second-order valence-electron chi connectivity index (χ2n) is 5.45. The van der Waals surface area contributed by atoms with Crippen molar-refractivity contribution in [2.75, 3.05) is 39.3 Å². The number of nitriles is 1. The van der Waals surface area contributed by atoms with E-state index in [0.29, 0.717) is 0 Å². The molecule has 0 amide bonds. The lowest BCUT2D eigenvalue weighted by Crippen LogP contribution is -2.36. The lowest BCUT2D eigenvalue weighted by molar-refractivity contribution is 0.238. The molecular formula is C15H32N4. The first-order chi connectivity index (χ1) is 8.99. The van der Waals surface area contributed by atoms with Crippen LogP contribution in [0.2, 0.25) is 0 Å². The van der Waals surface area contributed by atoms with Gasteiger partial charge in [0.05, 0.1) is 6.07 Å². The Balaban J connectivity index is 3.81. The van der Waals surface area contributed by atoms with E-state index in [1.807, 2.05) is 6.92 Å². The van der Waals surface area contributed by atoms with Crippen LogP contribution in [0.1, 0.15) is 47.0 Å². The Bertz CT molecular complexity index is 253. The summed E-state index contributed by atoms with van der Waals surface area (Å²) >= 11 is 0. The van der Waals surface area contributed by atoms with Gasteiger partial charge in [-0.05, 0) is 65.5 Å². The lowest BCUT2D eigenvalue weighted by Gasteiger charge is -2.24. The van der Waals surface area contributed by atoms with Crippen LogP contribution >= 0.6 is 0 Å². The maximum atomic E-state index is 8.88. The highest BCUT2D eigenvalue weighted by Gasteiger charge is 2.16. The zero-order chi connectivity index (χ0) is 14.7. The molecule has 1 unspecified atom stereocenters. The molecule has 0 spiro atoms. The van der Waals surface area contributed by atoms with Gasteiger partial charge in [-0.3, -0.25) is 0 Å². The van der Waals surface area contributed by atoms with Gasteiger partial charge in [-0.1, -0.05) is 20.8 Å². The van der Waals surface area contributed by atoms with E-state index in [9.17, 15) is 0 Å². The van der Waals surface area contributed by atoms with E-state index in [1.165, 1.54) is 13.0 Å². The van der Waals surface area contributed by atoms with Crippen molar-refractivity contribution in [1.29, 1.82) is 5.26 Å². The zero-order valence-electron chi connectivity index (χ0n) is 13.3. The molecule has 0 saturated carbocycles. The van der Waals surface area contributed by atoms with Crippen LogP contribution in [0.25, 0.3) is 0 Å². The van der Waals surface area contributed by atoms with Crippen molar-refractivity contribution >= 4 is 0 Å². The third kappa shape index (κ3) is 8.99. The fourth-order valence-electron chi connectivity index (χ4n) is 2.21. The molecule has 0 rings (SSSR count). The highest BCUT2D eigenvalue weighted by molar-refractivity contribution is 5.00. The summed E-state index contributed by atoms with van der Waals surface area (Å²) in [4.78, 5) is 4.91. The third-order valence-electron chi connectivity index (χ3n) is 3.72. The molecule has 2 N–H and O–H groups in total. The van der Waals surface area contributed by atoms with E-state index < -0.39 is 5.54 Å². The average molecular weight is 268 g/mol. The van der Waals surface area contributed by atoms with Crippen molar-refractivity contribution in [3.63, 3.8) is 0 Å². The number of hydrogen-bond acceptors (Lipinski definition) is 4. The van der Waals surface area contributed by atoms with Crippen molar-refractivity contribution in [3.8, 4) is 6.07 Å². The Hall–Kier alpha value is -0.630. The molecule has 0 bridgehead atoms. The molecule has 0 aliphatic carbocycles. The molecule has 19 heavy (non-hydrogen) atoms. The van der Waals surface area contributed by atoms with Crippen LogP contribution in [-0.2, 0) is 0 Å². The minimum absolute atomic E-state index is 0.666. The first-order valence-electron chi connectivity index (χ1n) is 7.63. The van der Waals surface area contributed by atoms with Gasteiger partial charge in [0.15, 0.2) is 0 Å². The molecule has 0 aliphatic rings. The maximum Gasteiger partial charge on any atom is 0.101 e. The molecule has 0 aromatic rings. The zero-order valence-corrected chi connectivity index (χ0v) is 13.3. The van der Waals surface area contributed by atoms with Gasteiger partial charge in [0.1, 0.15) is 5.54 Å². The summed E-state index contributed by atoms with van der Waals surface area (Å²) in [5.74, 6) is 0. The van der Waals surface area contributed by atoms with Crippen molar-refractivity contribution in [2.24, 2.45) is 5.73 Å². The molecule has 4 heteroatoms. The molecule has 0 aromatic heterocycles. The summed E-state index contributed by atoms with van der Waals surface area (Å²) in [5, 5.41) is 8.88. The molecule has 0 fully saturated rings. The average Bonchev–Trinajstić information content (AvgIpc) is 2.41. The van der Waals surface area contributed by atoms with Gasteiger partial charge in [0, 0.05) is 0 Å². The lowest BCUT2D eigenvalue weighted by atomic mass is 9.99. The van der Waals surface area contributed by atoms with E-state index in [0.717, 1.165) is 45.6 Å². The molecule has 0 saturated heterocycles. The second kappa shape index (κ2) is 10.2. The monoisotopic (exact) mass is 268 g/mol. The Morgan fingerprint density at radius 2 is 1.42 bits per heavy atom. The Labute approximate surface area is 119 Å². The fourth-order valence-corrected chi connectivity index (χ4v) is 2.21. The van der Waals surface area contributed by atoms with Crippen LogP contribution < -0.4 is 5.73 Å². The number of rotatable bonds is 11. The highest BCUT2D eigenvalue weighted by atomic mass is 15.1. The van der Waals surface area contributed by atoms with Gasteiger partial charge in [-0.15, -0.1) is 0 Å². The summed E-state index contributed by atoms with van der Waals surface area (Å²) < 4.78 is 0. The minimum atomic E-state index is -0.666. The summed E-state index contributed by atoms with van der Waals surface area (Å²) in [6.45, 7) is 15.1. The van der Waals surface area contributed by atoms with Gasteiger partial charge in [0.25, 0.3) is 0 Å². The SMILES string of the molecule is CCN(CC)CCCN(CC)CCCC(C)(N)C#N. The standard InChI is InChI=1S/C15H32N4/c1-5-18(6-2)12-9-13-19(7-3)11-8-10-15(4,17)14-16/h5-13,17H2,1-4H3. The molecule has 0 aliphatic heterocycles. The maximum absolute atomic E-state index is 8.88. The Morgan fingerprint density at radius 3 is 1.89 bits per heavy atom. The van der Waals surface area contributed by atoms with Crippen molar-refractivity contribution in [2.45, 2.75) is 52.5 Å². The van der Waals surface area contributed by atoms with Crippen molar-refractivity contribution in [1.82, 2.24) is 9.80 Å². The van der Waals surface area contributed by atoms with Crippen LogP contribution in [0.3, 0.4) is 0 Å². The van der Waals surface area contributed by atoms with E-state index in [2.05, 4.69) is 36.6 Å². The topological polar surface area (TPSA) is 56.3 Å². The van der Waals surface area contributed by atoms with Crippen molar-refractivity contribution < 1.29 is 0 Å². The minimum Gasteiger partial charge on any atom is -0.314 e. The Kier molecular flexibility index (Phi) is 9.85. The Morgan fingerprint density at radius 1 is 0.947 bits per heavy atom. The second-order valence-corrected chi connectivity index (χ2v) is 5.45. The van der Waals surface area contributed by atoms with E-state index >= 15 is 0 Å². The highest BCUT2D eigenvalue weighted by Crippen LogP contribution is 2.08. The van der Waals surface area contributed by atoms with Gasteiger partial charge in [0.2, 0.25) is 0 Å². The van der Waals surface area contributed by atoms with Crippen LogP contribution in [0.5, 0.6) is 0 Å².